The van der Waals surface area contributed by atoms with Crippen molar-refractivity contribution in [2.75, 3.05) is 5.32 Å². The van der Waals surface area contributed by atoms with Crippen molar-refractivity contribution in [3.05, 3.63) is 89.0 Å². The van der Waals surface area contributed by atoms with E-state index >= 15 is 0 Å². The summed E-state index contributed by atoms with van der Waals surface area (Å²) in [5.41, 5.74) is 2.54. The Morgan fingerprint density at radius 3 is 2.22 bits per heavy atom. The number of amides is 1. The van der Waals surface area contributed by atoms with Gasteiger partial charge in [-0.15, -0.1) is 0 Å². The first-order chi connectivity index (χ1) is 15.1. The van der Waals surface area contributed by atoms with Crippen molar-refractivity contribution in [1.82, 2.24) is 0 Å². The van der Waals surface area contributed by atoms with Crippen molar-refractivity contribution < 1.29 is 27.9 Å². The Bertz CT molecular complexity index is 1140. The van der Waals surface area contributed by atoms with Gasteiger partial charge in [-0.25, -0.2) is 0 Å². The highest BCUT2D eigenvalue weighted by Crippen LogP contribution is 2.32. The van der Waals surface area contributed by atoms with E-state index in [2.05, 4.69) is 5.32 Å². The number of hydrogen-bond acceptors (Lipinski definition) is 2. The van der Waals surface area contributed by atoms with Crippen LogP contribution in [-0.2, 0) is 17.4 Å². The minimum Gasteiger partial charge on any atom is -0.481 e. The summed E-state index contributed by atoms with van der Waals surface area (Å²) in [6, 6.07) is 16.4. The quantitative estimate of drug-likeness (QED) is 0.467. The monoisotopic (exact) mass is 441 g/mol. The summed E-state index contributed by atoms with van der Waals surface area (Å²) in [7, 11) is 0. The van der Waals surface area contributed by atoms with Crippen LogP contribution in [0.4, 0.5) is 18.9 Å². The molecule has 3 aromatic carbocycles. The number of carboxylic acids is 1. The number of hydrogen-bond donors (Lipinski definition) is 2. The van der Waals surface area contributed by atoms with Gasteiger partial charge >= 0.3 is 12.1 Å². The van der Waals surface area contributed by atoms with E-state index in [-0.39, 0.29) is 12.3 Å². The van der Waals surface area contributed by atoms with Gasteiger partial charge in [-0.3, -0.25) is 9.59 Å². The first kappa shape index (κ1) is 23.1. The number of benzene rings is 3. The number of aliphatic carboxylic acids is 1. The summed E-state index contributed by atoms with van der Waals surface area (Å²) >= 11 is 0. The standard InChI is InChI=1S/C25H22F3NO3/c1-15(2)21-13-16(14-23(30)31)7-12-22(21)29-24(32)20-6-4-3-5-19(20)17-8-10-18(11-9-17)25(26,27)28/h3-13,15H,14H2,1-2H3,(H,29,32)(H,30,31). The second-order valence-corrected chi connectivity index (χ2v) is 7.72. The predicted molar refractivity (Wildman–Crippen MR) is 117 cm³/mol. The largest absolute Gasteiger partial charge is 0.481 e. The highest BCUT2D eigenvalue weighted by Gasteiger charge is 2.30. The van der Waals surface area contributed by atoms with Crippen molar-refractivity contribution in [3.8, 4) is 11.1 Å². The van der Waals surface area contributed by atoms with Gasteiger partial charge in [0.25, 0.3) is 5.91 Å². The molecule has 0 heterocycles. The molecule has 2 N–H and O–H groups in total. The zero-order valence-electron chi connectivity index (χ0n) is 17.5. The van der Waals surface area contributed by atoms with E-state index in [1.807, 2.05) is 13.8 Å². The van der Waals surface area contributed by atoms with Crippen molar-refractivity contribution in [2.45, 2.75) is 32.4 Å². The zero-order chi connectivity index (χ0) is 23.5. The fourth-order valence-electron chi connectivity index (χ4n) is 3.45. The van der Waals surface area contributed by atoms with Gasteiger partial charge in [0.1, 0.15) is 0 Å². The summed E-state index contributed by atoms with van der Waals surface area (Å²) in [6.45, 7) is 3.87. The highest BCUT2D eigenvalue weighted by molar-refractivity contribution is 6.09. The molecule has 0 radical (unpaired) electrons. The van der Waals surface area contributed by atoms with Gasteiger partial charge in [0.2, 0.25) is 0 Å². The summed E-state index contributed by atoms with van der Waals surface area (Å²) in [5.74, 6) is -1.32. The smallest absolute Gasteiger partial charge is 0.416 e. The first-order valence-corrected chi connectivity index (χ1v) is 9.99. The third-order valence-electron chi connectivity index (χ3n) is 5.04. The van der Waals surface area contributed by atoms with Crippen LogP contribution in [0.2, 0.25) is 0 Å². The van der Waals surface area contributed by atoms with Crippen LogP contribution in [0.3, 0.4) is 0 Å². The molecule has 0 unspecified atom stereocenters. The molecular formula is C25H22F3NO3. The second-order valence-electron chi connectivity index (χ2n) is 7.72. The van der Waals surface area contributed by atoms with Gasteiger partial charge in [0.05, 0.1) is 12.0 Å². The van der Waals surface area contributed by atoms with Crippen LogP contribution in [0.1, 0.15) is 46.8 Å². The fourth-order valence-corrected chi connectivity index (χ4v) is 3.45. The zero-order valence-corrected chi connectivity index (χ0v) is 17.5. The van der Waals surface area contributed by atoms with E-state index < -0.39 is 23.6 Å². The number of halogens is 3. The van der Waals surface area contributed by atoms with Gasteiger partial charge in [-0.2, -0.15) is 13.2 Å². The number of alkyl halides is 3. The highest BCUT2D eigenvalue weighted by atomic mass is 19.4. The number of nitrogens with one attached hydrogen (secondary N) is 1. The number of anilines is 1. The number of carbonyl (C=O) groups excluding carboxylic acids is 1. The lowest BCUT2D eigenvalue weighted by molar-refractivity contribution is -0.138. The Hall–Kier alpha value is -3.61. The molecule has 0 spiro atoms. The molecule has 0 fully saturated rings. The summed E-state index contributed by atoms with van der Waals surface area (Å²) in [6.07, 6.45) is -4.56. The Balaban J connectivity index is 1.92. The average Bonchev–Trinajstić information content (AvgIpc) is 2.73. The van der Waals surface area contributed by atoms with Crippen molar-refractivity contribution in [1.29, 1.82) is 0 Å². The maximum atomic E-state index is 13.1. The lowest BCUT2D eigenvalue weighted by Crippen LogP contribution is -2.15. The summed E-state index contributed by atoms with van der Waals surface area (Å²) < 4.78 is 38.6. The molecule has 3 rings (SSSR count). The molecular weight excluding hydrogens is 419 g/mol. The molecule has 0 aliphatic heterocycles. The molecule has 4 nitrogen and oxygen atoms in total. The van der Waals surface area contributed by atoms with Gasteiger partial charge in [0.15, 0.2) is 0 Å². The van der Waals surface area contributed by atoms with E-state index in [1.54, 1.807) is 42.5 Å². The van der Waals surface area contributed by atoms with E-state index in [4.69, 9.17) is 5.11 Å². The SMILES string of the molecule is CC(C)c1cc(CC(=O)O)ccc1NC(=O)c1ccccc1-c1ccc(C(F)(F)F)cc1. The Morgan fingerprint density at radius 1 is 0.969 bits per heavy atom. The molecule has 0 saturated heterocycles. The topological polar surface area (TPSA) is 66.4 Å². The van der Waals surface area contributed by atoms with Crippen LogP contribution in [0.15, 0.2) is 66.7 Å². The summed E-state index contributed by atoms with van der Waals surface area (Å²) in [5, 5.41) is 11.9. The Kier molecular flexibility index (Phi) is 6.67. The van der Waals surface area contributed by atoms with Crippen LogP contribution in [-0.4, -0.2) is 17.0 Å². The fraction of sp³-hybridized carbons (Fsp3) is 0.200. The van der Waals surface area contributed by atoms with Gasteiger partial charge in [0, 0.05) is 11.3 Å². The van der Waals surface area contributed by atoms with Crippen molar-refractivity contribution >= 4 is 17.6 Å². The number of carbonyl (C=O) groups is 2. The van der Waals surface area contributed by atoms with E-state index in [0.29, 0.717) is 27.9 Å². The maximum absolute atomic E-state index is 13.1. The Morgan fingerprint density at radius 2 is 1.62 bits per heavy atom. The molecule has 1 amide bonds. The normalized spacial score (nSPS) is 11.4. The molecule has 0 aliphatic rings. The van der Waals surface area contributed by atoms with Gasteiger partial charge < -0.3 is 10.4 Å². The maximum Gasteiger partial charge on any atom is 0.416 e. The van der Waals surface area contributed by atoms with E-state index in [1.165, 1.54) is 12.1 Å². The van der Waals surface area contributed by atoms with Crippen LogP contribution in [0.5, 0.6) is 0 Å². The predicted octanol–water partition coefficient (Wildman–Crippen LogP) is 6.38. The van der Waals surface area contributed by atoms with Crippen LogP contribution in [0, 0.1) is 0 Å². The molecule has 0 atom stereocenters. The second kappa shape index (κ2) is 9.26. The molecule has 0 aromatic heterocycles. The minimum atomic E-state index is -4.44. The van der Waals surface area contributed by atoms with Crippen molar-refractivity contribution in [3.63, 3.8) is 0 Å². The van der Waals surface area contributed by atoms with Crippen LogP contribution < -0.4 is 5.32 Å². The lowest BCUT2D eigenvalue weighted by Gasteiger charge is -2.17. The van der Waals surface area contributed by atoms with Gasteiger partial charge in [-0.1, -0.05) is 56.3 Å². The molecule has 3 aromatic rings. The van der Waals surface area contributed by atoms with Crippen LogP contribution in [0.25, 0.3) is 11.1 Å². The lowest BCUT2D eigenvalue weighted by atomic mass is 9.96. The Labute approximate surface area is 183 Å². The molecule has 0 bridgehead atoms. The summed E-state index contributed by atoms with van der Waals surface area (Å²) in [4.78, 5) is 24.1. The molecule has 0 aliphatic carbocycles. The van der Waals surface area contributed by atoms with E-state index in [9.17, 15) is 22.8 Å². The van der Waals surface area contributed by atoms with Crippen LogP contribution >= 0.6 is 0 Å². The third kappa shape index (κ3) is 5.35. The number of rotatable bonds is 6. The molecule has 7 heteroatoms. The third-order valence-corrected chi connectivity index (χ3v) is 5.04. The number of carboxylic acid groups (broad SMARTS) is 1. The molecule has 32 heavy (non-hydrogen) atoms. The van der Waals surface area contributed by atoms with Crippen molar-refractivity contribution in [2.24, 2.45) is 0 Å². The van der Waals surface area contributed by atoms with E-state index in [0.717, 1.165) is 17.7 Å². The average molecular weight is 441 g/mol. The minimum absolute atomic E-state index is 0.0317. The van der Waals surface area contributed by atoms with Gasteiger partial charge in [-0.05, 0) is 52.4 Å². The molecule has 0 saturated carbocycles. The first-order valence-electron chi connectivity index (χ1n) is 9.99. The molecule has 166 valence electrons.